The van der Waals surface area contributed by atoms with Crippen LogP contribution >= 0.6 is 11.8 Å². The molecule has 1 fully saturated rings. The Labute approximate surface area is 149 Å². The fraction of sp³-hybridized carbons (Fsp3) is 0.250. The first-order valence-corrected chi connectivity index (χ1v) is 9.19. The quantitative estimate of drug-likeness (QED) is 0.831. The largest absolute Gasteiger partial charge is 0.377 e. The van der Waals surface area contributed by atoms with E-state index in [1.807, 2.05) is 36.0 Å². The molecule has 5 rings (SSSR count). The molecule has 2 heterocycles. The maximum Gasteiger partial charge on any atom is 0.288 e. The molecule has 1 amide bonds. The van der Waals surface area contributed by atoms with Crippen LogP contribution in [0, 0.1) is 11.3 Å². The van der Waals surface area contributed by atoms with Crippen molar-refractivity contribution in [2.24, 2.45) is 4.99 Å². The van der Waals surface area contributed by atoms with E-state index in [-0.39, 0.29) is 11.7 Å². The van der Waals surface area contributed by atoms with Crippen molar-refractivity contribution in [3.05, 3.63) is 47.0 Å². The summed E-state index contributed by atoms with van der Waals surface area (Å²) in [6, 6.07) is 12.3. The molecule has 4 nitrogen and oxygen atoms in total. The van der Waals surface area contributed by atoms with Crippen LogP contribution in [-0.2, 0) is 9.53 Å². The van der Waals surface area contributed by atoms with Gasteiger partial charge in [0.05, 0.1) is 11.8 Å². The van der Waals surface area contributed by atoms with Crippen LogP contribution in [0.5, 0.6) is 0 Å². The summed E-state index contributed by atoms with van der Waals surface area (Å²) >= 11 is 1.86. The number of fused-ring (bicyclic) bond motifs is 3. The van der Waals surface area contributed by atoms with Gasteiger partial charge in [-0.15, -0.1) is 11.8 Å². The maximum atomic E-state index is 12.0. The molecule has 1 saturated heterocycles. The molecular formula is C20H14N2O2S. The van der Waals surface area contributed by atoms with Gasteiger partial charge < -0.3 is 4.74 Å². The molecule has 0 bridgehead atoms. The average molecular weight is 346 g/mol. The summed E-state index contributed by atoms with van der Waals surface area (Å²) in [6.45, 7) is 2.94. The number of rotatable bonds is 2. The number of aliphatic imine (C=N–C) groups is 1. The first-order valence-electron chi connectivity index (χ1n) is 8.31. The summed E-state index contributed by atoms with van der Waals surface area (Å²) in [5.74, 6) is -0.425. The minimum atomic E-state index is -0.425. The van der Waals surface area contributed by atoms with E-state index in [4.69, 9.17) is 4.74 Å². The average Bonchev–Trinajstić information content (AvgIpc) is 3.25. The summed E-state index contributed by atoms with van der Waals surface area (Å²) < 4.78 is 5.69. The molecule has 0 saturated carbocycles. The molecule has 5 heteroatoms. The monoisotopic (exact) mass is 346 g/mol. The molecule has 0 radical (unpaired) electrons. The second kappa shape index (κ2) is 5.29. The van der Waals surface area contributed by atoms with E-state index in [0.29, 0.717) is 16.5 Å². The summed E-state index contributed by atoms with van der Waals surface area (Å²) in [5, 5.41) is 12.1. The van der Waals surface area contributed by atoms with Crippen molar-refractivity contribution in [3.8, 4) is 6.07 Å². The number of nitrogens with zero attached hydrogens (tertiary/aromatic N) is 2. The third-order valence-corrected chi connectivity index (χ3v) is 6.67. The maximum absolute atomic E-state index is 12.0. The third kappa shape index (κ3) is 1.98. The number of ether oxygens (including phenoxy) is 1. The fourth-order valence-corrected chi connectivity index (χ4v) is 5.17. The SMILES string of the molecule is CC1OCCC1Sc1ccc2c3c(cccc13)C1=NC(=O)C(C#N)=C12. The zero-order chi connectivity index (χ0) is 17.1. The van der Waals surface area contributed by atoms with Gasteiger partial charge in [0.2, 0.25) is 0 Å². The van der Waals surface area contributed by atoms with Gasteiger partial charge in [-0.1, -0.05) is 24.3 Å². The third-order valence-electron chi connectivity index (χ3n) is 5.14. The van der Waals surface area contributed by atoms with E-state index in [1.165, 1.54) is 4.90 Å². The fourth-order valence-electron chi connectivity index (χ4n) is 3.92. The van der Waals surface area contributed by atoms with Crippen molar-refractivity contribution in [2.45, 2.75) is 29.6 Å². The number of hydrogen-bond donors (Lipinski definition) is 0. The number of carbonyl (C=O) groups is 1. The van der Waals surface area contributed by atoms with Crippen LogP contribution in [0.15, 0.2) is 45.8 Å². The smallest absolute Gasteiger partial charge is 0.288 e. The topological polar surface area (TPSA) is 62.4 Å². The van der Waals surface area contributed by atoms with Crippen molar-refractivity contribution in [3.63, 3.8) is 0 Å². The van der Waals surface area contributed by atoms with Gasteiger partial charge in [-0.2, -0.15) is 5.26 Å². The van der Waals surface area contributed by atoms with Crippen LogP contribution in [0.1, 0.15) is 24.5 Å². The highest BCUT2D eigenvalue weighted by Crippen LogP contribution is 2.46. The lowest BCUT2D eigenvalue weighted by Crippen LogP contribution is -2.13. The standard InChI is InChI=1S/C20H14N2O2S/c1-10-15(7-8-24-10)25-16-6-5-12-17-11(16)3-2-4-13(17)19-18(12)14(9-21)20(23)22-19/h2-6,10,15H,7-8H2,1H3. The predicted molar refractivity (Wildman–Crippen MR) is 97.7 cm³/mol. The van der Waals surface area contributed by atoms with Crippen LogP contribution in [-0.4, -0.2) is 29.6 Å². The van der Waals surface area contributed by atoms with Crippen molar-refractivity contribution in [1.29, 1.82) is 5.26 Å². The normalized spacial score (nSPS) is 24.0. The van der Waals surface area contributed by atoms with Gasteiger partial charge in [0.25, 0.3) is 5.91 Å². The van der Waals surface area contributed by atoms with Crippen LogP contribution in [0.25, 0.3) is 16.3 Å². The van der Waals surface area contributed by atoms with Gasteiger partial charge in [-0.25, -0.2) is 4.99 Å². The van der Waals surface area contributed by atoms with Crippen LogP contribution in [0.2, 0.25) is 0 Å². The molecule has 0 N–H and O–H groups in total. The highest BCUT2D eigenvalue weighted by molar-refractivity contribution is 8.00. The van der Waals surface area contributed by atoms with Crippen molar-refractivity contribution in [2.75, 3.05) is 6.61 Å². The lowest BCUT2D eigenvalue weighted by molar-refractivity contribution is -0.113. The van der Waals surface area contributed by atoms with Crippen LogP contribution in [0.4, 0.5) is 0 Å². The van der Waals surface area contributed by atoms with Crippen molar-refractivity contribution in [1.82, 2.24) is 0 Å². The molecule has 2 aromatic carbocycles. The number of amides is 1. The van der Waals surface area contributed by atoms with Crippen molar-refractivity contribution >= 4 is 39.7 Å². The molecule has 2 unspecified atom stereocenters. The zero-order valence-corrected chi connectivity index (χ0v) is 14.4. The molecule has 3 aliphatic rings. The van der Waals surface area contributed by atoms with Gasteiger partial charge in [-0.05, 0) is 30.4 Å². The Balaban J connectivity index is 1.71. The molecule has 2 aromatic rings. The predicted octanol–water partition coefficient (Wildman–Crippen LogP) is 3.73. The highest BCUT2D eigenvalue weighted by atomic mass is 32.2. The van der Waals surface area contributed by atoms with Crippen molar-refractivity contribution < 1.29 is 9.53 Å². The Morgan fingerprint density at radius 2 is 2.16 bits per heavy atom. The second-order valence-corrected chi connectivity index (χ2v) is 7.77. The van der Waals surface area contributed by atoms with Gasteiger partial charge in [0, 0.05) is 33.3 Å². The Morgan fingerprint density at radius 1 is 1.28 bits per heavy atom. The van der Waals surface area contributed by atoms with Gasteiger partial charge in [0.15, 0.2) is 0 Å². The van der Waals surface area contributed by atoms with Gasteiger partial charge in [0.1, 0.15) is 11.6 Å². The number of thioether (sulfide) groups is 1. The second-order valence-electron chi connectivity index (χ2n) is 6.49. The molecule has 122 valence electrons. The number of allylic oxidation sites excluding steroid dienone is 1. The summed E-state index contributed by atoms with van der Waals surface area (Å²) in [4.78, 5) is 17.4. The number of benzene rings is 2. The molecule has 2 atom stereocenters. The lowest BCUT2D eigenvalue weighted by atomic mass is 10.0. The van der Waals surface area contributed by atoms with E-state index in [0.717, 1.165) is 34.9 Å². The van der Waals surface area contributed by atoms with E-state index in [9.17, 15) is 10.1 Å². The molecule has 1 aliphatic carbocycles. The van der Waals surface area contributed by atoms with Crippen LogP contribution in [0.3, 0.4) is 0 Å². The molecular weight excluding hydrogens is 332 g/mol. The molecule has 2 aliphatic heterocycles. The Kier molecular flexibility index (Phi) is 3.15. The molecule has 25 heavy (non-hydrogen) atoms. The van der Waals surface area contributed by atoms with E-state index >= 15 is 0 Å². The Bertz CT molecular complexity index is 1060. The number of nitriles is 1. The Morgan fingerprint density at radius 3 is 2.92 bits per heavy atom. The molecule has 0 aromatic heterocycles. The van der Waals surface area contributed by atoms with Crippen LogP contribution < -0.4 is 0 Å². The van der Waals surface area contributed by atoms with E-state index in [2.05, 4.69) is 24.0 Å². The minimum absolute atomic E-state index is 0.158. The number of carbonyl (C=O) groups excluding carboxylic acids is 1. The number of hydrogen-bond acceptors (Lipinski definition) is 4. The highest BCUT2D eigenvalue weighted by Gasteiger charge is 2.36. The molecule has 0 spiro atoms. The first kappa shape index (κ1) is 14.9. The van der Waals surface area contributed by atoms with E-state index in [1.54, 1.807) is 0 Å². The first-order chi connectivity index (χ1) is 12.2. The summed E-state index contributed by atoms with van der Waals surface area (Å²) in [7, 11) is 0. The van der Waals surface area contributed by atoms with E-state index < -0.39 is 5.91 Å². The summed E-state index contributed by atoms with van der Waals surface area (Å²) in [6.07, 6.45) is 1.31. The lowest BCUT2D eigenvalue weighted by Gasteiger charge is -2.15. The zero-order valence-electron chi connectivity index (χ0n) is 13.6. The van der Waals surface area contributed by atoms with Gasteiger partial charge in [-0.3, -0.25) is 4.79 Å². The minimum Gasteiger partial charge on any atom is -0.377 e. The summed E-state index contributed by atoms with van der Waals surface area (Å²) in [5.41, 5.74) is 3.42. The Hall–Kier alpha value is -2.42. The van der Waals surface area contributed by atoms with Gasteiger partial charge >= 0.3 is 0 Å².